The highest BCUT2D eigenvalue weighted by Crippen LogP contribution is 2.32. The molecule has 4 heteroatoms. The molecule has 4 nitrogen and oxygen atoms in total. The summed E-state index contributed by atoms with van der Waals surface area (Å²) in [6.45, 7) is 5.28. The Bertz CT molecular complexity index is 492. The van der Waals surface area contributed by atoms with Crippen molar-refractivity contribution in [2.45, 2.75) is 26.7 Å². The third kappa shape index (κ3) is 3.76. The number of nitrogens with one attached hydrogen (secondary N) is 1. The van der Waals surface area contributed by atoms with Gasteiger partial charge in [-0.3, -0.25) is 4.79 Å². The summed E-state index contributed by atoms with van der Waals surface area (Å²) in [6.07, 6.45) is 5.51. The molecule has 0 unspecified atom stereocenters. The topological polar surface area (TPSA) is 47.6 Å². The number of fused-ring (bicyclic) bond motifs is 1. The standard InChI is InChI=1S/C16H21NO3/c1-3-12(4-2)10-17-16(18)8-6-13-5-7-14-15(9-13)20-11-19-14/h5-9,12H,3-4,10-11H2,1-2H3,(H,17,18). The Hall–Kier alpha value is -1.97. The summed E-state index contributed by atoms with van der Waals surface area (Å²) < 4.78 is 10.5. The number of carbonyl (C=O) groups is 1. The maximum atomic E-state index is 11.7. The highest BCUT2D eigenvalue weighted by Gasteiger charge is 2.12. The molecule has 0 aromatic heterocycles. The molecular weight excluding hydrogens is 254 g/mol. The molecule has 1 aromatic carbocycles. The molecule has 0 spiro atoms. The summed E-state index contributed by atoms with van der Waals surface area (Å²) in [6, 6.07) is 5.62. The Kier molecular flexibility index (Phi) is 5.04. The Morgan fingerprint density at radius 3 is 2.80 bits per heavy atom. The number of hydrogen-bond acceptors (Lipinski definition) is 3. The summed E-state index contributed by atoms with van der Waals surface area (Å²) >= 11 is 0. The van der Waals surface area contributed by atoms with Gasteiger partial charge in [0.25, 0.3) is 0 Å². The lowest BCUT2D eigenvalue weighted by molar-refractivity contribution is -0.116. The van der Waals surface area contributed by atoms with E-state index in [1.54, 1.807) is 12.2 Å². The smallest absolute Gasteiger partial charge is 0.244 e. The molecular formula is C16H21NO3. The van der Waals surface area contributed by atoms with E-state index in [-0.39, 0.29) is 12.7 Å². The molecule has 0 atom stereocenters. The van der Waals surface area contributed by atoms with Crippen LogP contribution in [0.3, 0.4) is 0 Å². The fourth-order valence-corrected chi connectivity index (χ4v) is 2.07. The maximum Gasteiger partial charge on any atom is 0.244 e. The molecule has 1 aliphatic heterocycles. The van der Waals surface area contributed by atoms with Crippen LogP contribution in [0.1, 0.15) is 32.3 Å². The zero-order chi connectivity index (χ0) is 14.4. The largest absolute Gasteiger partial charge is 0.454 e. The monoisotopic (exact) mass is 275 g/mol. The molecule has 0 bridgehead atoms. The van der Waals surface area contributed by atoms with E-state index in [0.717, 1.165) is 36.4 Å². The molecule has 1 N–H and O–H groups in total. The van der Waals surface area contributed by atoms with Gasteiger partial charge in [-0.05, 0) is 29.7 Å². The molecule has 1 aliphatic rings. The van der Waals surface area contributed by atoms with E-state index in [4.69, 9.17) is 9.47 Å². The van der Waals surface area contributed by atoms with Crippen molar-refractivity contribution in [3.63, 3.8) is 0 Å². The summed E-state index contributed by atoms with van der Waals surface area (Å²) in [4.78, 5) is 11.7. The second kappa shape index (κ2) is 6.98. The van der Waals surface area contributed by atoms with E-state index in [9.17, 15) is 4.79 Å². The van der Waals surface area contributed by atoms with E-state index >= 15 is 0 Å². The maximum absolute atomic E-state index is 11.7. The summed E-state index contributed by atoms with van der Waals surface area (Å²) in [5, 5.41) is 2.93. The van der Waals surface area contributed by atoms with Crippen molar-refractivity contribution in [2.75, 3.05) is 13.3 Å². The van der Waals surface area contributed by atoms with Gasteiger partial charge in [0.2, 0.25) is 12.7 Å². The molecule has 108 valence electrons. The number of ether oxygens (including phenoxy) is 2. The summed E-state index contributed by atoms with van der Waals surface area (Å²) in [5.41, 5.74) is 0.923. The number of hydrogen-bond donors (Lipinski definition) is 1. The SMILES string of the molecule is CCC(CC)CNC(=O)C=Cc1ccc2c(c1)OCO2. The van der Waals surface area contributed by atoms with E-state index in [2.05, 4.69) is 19.2 Å². The molecule has 1 amide bonds. The van der Waals surface area contributed by atoms with Gasteiger partial charge in [-0.1, -0.05) is 32.8 Å². The Labute approximate surface area is 119 Å². The molecule has 1 aromatic rings. The lowest BCUT2D eigenvalue weighted by atomic mass is 10.0. The molecule has 0 fully saturated rings. The quantitative estimate of drug-likeness (QED) is 0.812. The third-order valence-corrected chi connectivity index (χ3v) is 3.54. The summed E-state index contributed by atoms with van der Waals surface area (Å²) in [5.74, 6) is 1.97. The highest BCUT2D eigenvalue weighted by molar-refractivity contribution is 5.91. The van der Waals surface area contributed by atoms with Gasteiger partial charge in [-0.2, -0.15) is 0 Å². The van der Waals surface area contributed by atoms with Crippen molar-refractivity contribution in [3.05, 3.63) is 29.8 Å². The van der Waals surface area contributed by atoms with Crippen LogP contribution >= 0.6 is 0 Å². The molecule has 0 radical (unpaired) electrons. The predicted molar refractivity (Wildman–Crippen MR) is 78.7 cm³/mol. The van der Waals surface area contributed by atoms with Gasteiger partial charge in [-0.15, -0.1) is 0 Å². The van der Waals surface area contributed by atoms with Crippen LogP contribution in [0.4, 0.5) is 0 Å². The van der Waals surface area contributed by atoms with Crippen LogP contribution in [0.15, 0.2) is 24.3 Å². The molecule has 2 rings (SSSR count). The second-order valence-electron chi connectivity index (χ2n) is 4.87. The number of rotatable bonds is 6. The average molecular weight is 275 g/mol. The van der Waals surface area contributed by atoms with Crippen molar-refractivity contribution in [2.24, 2.45) is 5.92 Å². The van der Waals surface area contributed by atoms with E-state index < -0.39 is 0 Å². The first kappa shape index (κ1) is 14.4. The highest BCUT2D eigenvalue weighted by atomic mass is 16.7. The lowest BCUT2D eigenvalue weighted by Crippen LogP contribution is -2.27. The zero-order valence-corrected chi connectivity index (χ0v) is 12.0. The van der Waals surface area contributed by atoms with E-state index in [1.165, 1.54) is 0 Å². The second-order valence-corrected chi connectivity index (χ2v) is 4.87. The minimum atomic E-state index is -0.0606. The third-order valence-electron chi connectivity index (χ3n) is 3.54. The number of carbonyl (C=O) groups excluding carboxylic acids is 1. The molecule has 0 saturated heterocycles. The van der Waals surface area contributed by atoms with Crippen LogP contribution in [0.2, 0.25) is 0 Å². The fraction of sp³-hybridized carbons (Fsp3) is 0.438. The Morgan fingerprint density at radius 2 is 2.05 bits per heavy atom. The van der Waals surface area contributed by atoms with Gasteiger partial charge in [-0.25, -0.2) is 0 Å². The van der Waals surface area contributed by atoms with Gasteiger partial charge >= 0.3 is 0 Å². The van der Waals surface area contributed by atoms with Crippen molar-refractivity contribution >= 4 is 12.0 Å². The lowest BCUT2D eigenvalue weighted by Gasteiger charge is -2.11. The molecule has 1 heterocycles. The van der Waals surface area contributed by atoms with Crippen LogP contribution in [-0.4, -0.2) is 19.2 Å². The van der Waals surface area contributed by atoms with Crippen molar-refractivity contribution in [1.29, 1.82) is 0 Å². The van der Waals surface area contributed by atoms with Gasteiger partial charge in [0.15, 0.2) is 11.5 Å². The first-order valence-corrected chi connectivity index (χ1v) is 7.08. The Balaban J connectivity index is 1.87. The van der Waals surface area contributed by atoms with Crippen LogP contribution in [-0.2, 0) is 4.79 Å². The zero-order valence-electron chi connectivity index (χ0n) is 12.0. The fourth-order valence-electron chi connectivity index (χ4n) is 2.07. The average Bonchev–Trinajstić information content (AvgIpc) is 2.93. The number of amides is 1. The minimum absolute atomic E-state index is 0.0606. The van der Waals surface area contributed by atoms with Crippen molar-refractivity contribution in [3.8, 4) is 11.5 Å². The minimum Gasteiger partial charge on any atom is -0.454 e. The summed E-state index contributed by atoms with van der Waals surface area (Å²) in [7, 11) is 0. The Morgan fingerprint density at radius 1 is 1.30 bits per heavy atom. The van der Waals surface area contributed by atoms with Gasteiger partial charge < -0.3 is 14.8 Å². The van der Waals surface area contributed by atoms with Crippen molar-refractivity contribution < 1.29 is 14.3 Å². The van der Waals surface area contributed by atoms with E-state index in [1.807, 2.05) is 18.2 Å². The van der Waals surface area contributed by atoms with Gasteiger partial charge in [0.1, 0.15) is 0 Å². The molecule has 20 heavy (non-hydrogen) atoms. The predicted octanol–water partition coefficient (Wildman–Crippen LogP) is 2.98. The molecule has 0 saturated carbocycles. The first-order valence-electron chi connectivity index (χ1n) is 7.08. The van der Waals surface area contributed by atoms with Crippen LogP contribution in [0, 0.1) is 5.92 Å². The number of benzene rings is 1. The van der Waals surface area contributed by atoms with Crippen LogP contribution < -0.4 is 14.8 Å². The van der Waals surface area contributed by atoms with E-state index in [0.29, 0.717) is 5.92 Å². The van der Waals surface area contributed by atoms with Crippen LogP contribution in [0.25, 0.3) is 6.08 Å². The molecule has 0 aliphatic carbocycles. The van der Waals surface area contributed by atoms with Gasteiger partial charge in [0.05, 0.1) is 0 Å². The van der Waals surface area contributed by atoms with Crippen molar-refractivity contribution in [1.82, 2.24) is 5.32 Å². The first-order chi connectivity index (χ1) is 9.72. The normalized spacial score (nSPS) is 13.2. The van der Waals surface area contributed by atoms with Crippen LogP contribution in [0.5, 0.6) is 11.5 Å². The van der Waals surface area contributed by atoms with Gasteiger partial charge in [0, 0.05) is 12.6 Å².